The minimum atomic E-state index is -4.72. The van der Waals surface area contributed by atoms with Gasteiger partial charge >= 0.3 is 12.1 Å². The highest BCUT2D eigenvalue weighted by Gasteiger charge is 2.35. The molecule has 11 heteroatoms. The van der Waals surface area contributed by atoms with Gasteiger partial charge in [-0.25, -0.2) is 4.79 Å². The van der Waals surface area contributed by atoms with Gasteiger partial charge in [-0.3, -0.25) is 4.79 Å². The van der Waals surface area contributed by atoms with E-state index in [1.807, 2.05) is 5.32 Å². The van der Waals surface area contributed by atoms with Crippen molar-refractivity contribution in [2.75, 3.05) is 11.9 Å². The van der Waals surface area contributed by atoms with Crippen LogP contribution in [-0.4, -0.2) is 33.5 Å². The average molecular weight is 439 g/mol. The number of nitrogens with one attached hydrogen (secondary N) is 1. The number of carbonyl (C=O) groups excluding carboxylic acids is 2. The fourth-order valence-corrected chi connectivity index (χ4v) is 2.73. The second kappa shape index (κ2) is 8.54. The van der Waals surface area contributed by atoms with Crippen LogP contribution >= 0.6 is 11.6 Å². The molecule has 0 unspecified atom stereocenters. The smallest absolute Gasteiger partial charge is 0.418 e. The number of amides is 1. The molecule has 0 fully saturated rings. The van der Waals surface area contributed by atoms with Gasteiger partial charge in [0.15, 0.2) is 12.3 Å². The van der Waals surface area contributed by atoms with Crippen LogP contribution in [-0.2, 0) is 15.7 Å². The van der Waals surface area contributed by atoms with Crippen LogP contribution in [0.1, 0.15) is 21.7 Å². The number of alkyl halides is 3. The lowest BCUT2D eigenvalue weighted by molar-refractivity contribution is -0.137. The molecule has 0 aliphatic rings. The van der Waals surface area contributed by atoms with Gasteiger partial charge in [0, 0.05) is 0 Å². The minimum absolute atomic E-state index is 0.125. The van der Waals surface area contributed by atoms with Crippen molar-refractivity contribution in [3.63, 3.8) is 0 Å². The second-order valence-corrected chi connectivity index (χ2v) is 6.45. The summed E-state index contributed by atoms with van der Waals surface area (Å²) in [6.07, 6.45) is -4.72. The van der Waals surface area contributed by atoms with Crippen molar-refractivity contribution in [2.24, 2.45) is 0 Å². The highest BCUT2D eigenvalue weighted by molar-refractivity contribution is 6.34. The molecule has 0 saturated heterocycles. The number of hydrogen-bond acceptors (Lipinski definition) is 5. The van der Waals surface area contributed by atoms with E-state index in [-0.39, 0.29) is 16.4 Å². The van der Waals surface area contributed by atoms with Crippen molar-refractivity contribution in [2.45, 2.75) is 13.1 Å². The Morgan fingerprint density at radius 3 is 2.47 bits per heavy atom. The van der Waals surface area contributed by atoms with Gasteiger partial charge in [-0.1, -0.05) is 35.9 Å². The van der Waals surface area contributed by atoms with E-state index in [0.29, 0.717) is 5.69 Å². The van der Waals surface area contributed by atoms with Gasteiger partial charge in [0.05, 0.1) is 27.7 Å². The molecule has 156 valence electrons. The fraction of sp³-hybridized carbons (Fsp3) is 0.158. The number of nitrogens with zero attached hydrogens (tertiary/aromatic N) is 3. The van der Waals surface area contributed by atoms with Crippen molar-refractivity contribution in [3.8, 4) is 5.69 Å². The number of esters is 1. The molecule has 30 heavy (non-hydrogen) atoms. The lowest BCUT2D eigenvalue weighted by Gasteiger charge is -2.15. The lowest BCUT2D eigenvalue weighted by atomic mass is 10.1. The summed E-state index contributed by atoms with van der Waals surface area (Å²) in [4.78, 5) is 25.5. The van der Waals surface area contributed by atoms with Gasteiger partial charge in [0.2, 0.25) is 0 Å². The molecule has 0 radical (unpaired) electrons. The number of benzene rings is 2. The van der Waals surface area contributed by atoms with E-state index in [1.165, 1.54) is 17.8 Å². The Morgan fingerprint density at radius 2 is 1.80 bits per heavy atom. The number of aromatic nitrogens is 3. The predicted molar refractivity (Wildman–Crippen MR) is 101 cm³/mol. The molecule has 0 aliphatic carbocycles. The maximum absolute atomic E-state index is 13.1. The average Bonchev–Trinajstić information content (AvgIpc) is 3.09. The SMILES string of the molecule is Cc1nn(-c2ccccc2)nc1C(=O)OCC(=O)Nc1c(Cl)cccc1C(F)(F)F. The maximum Gasteiger partial charge on any atom is 0.418 e. The molecule has 0 saturated carbocycles. The third kappa shape index (κ3) is 4.77. The fourth-order valence-electron chi connectivity index (χ4n) is 2.51. The van der Waals surface area contributed by atoms with Crippen LogP contribution in [0.2, 0.25) is 5.02 Å². The highest BCUT2D eigenvalue weighted by Crippen LogP contribution is 2.38. The van der Waals surface area contributed by atoms with Crippen LogP contribution in [0.15, 0.2) is 48.5 Å². The molecule has 0 atom stereocenters. The van der Waals surface area contributed by atoms with Crippen LogP contribution in [0.4, 0.5) is 18.9 Å². The molecule has 2 aromatic carbocycles. The van der Waals surface area contributed by atoms with E-state index >= 15 is 0 Å². The van der Waals surface area contributed by atoms with Crippen LogP contribution < -0.4 is 5.32 Å². The first-order valence-corrected chi connectivity index (χ1v) is 8.86. The van der Waals surface area contributed by atoms with E-state index < -0.39 is 35.9 Å². The zero-order chi connectivity index (χ0) is 21.9. The molecule has 1 heterocycles. The number of ether oxygens (including phenoxy) is 1. The zero-order valence-electron chi connectivity index (χ0n) is 15.4. The monoisotopic (exact) mass is 438 g/mol. The quantitative estimate of drug-likeness (QED) is 0.607. The van der Waals surface area contributed by atoms with Crippen molar-refractivity contribution in [3.05, 3.63) is 70.5 Å². The summed E-state index contributed by atoms with van der Waals surface area (Å²) in [7, 11) is 0. The molecular weight excluding hydrogens is 425 g/mol. The van der Waals surface area contributed by atoms with Crippen LogP contribution in [0.3, 0.4) is 0 Å². The Hall–Kier alpha value is -3.40. The van der Waals surface area contributed by atoms with E-state index in [1.54, 1.807) is 30.3 Å². The third-order valence-electron chi connectivity index (χ3n) is 3.88. The molecule has 7 nitrogen and oxygen atoms in total. The third-order valence-corrected chi connectivity index (χ3v) is 4.20. The van der Waals surface area contributed by atoms with Crippen molar-refractivity contribution < 1.29 is 27.5 Å². The van der Waals surface area contributed by atoms with Crippen molar-refractivity contribution in [1.82, 2.24) is 15.0 Å². The molecule has 0 bridgehead atoms. The van der Waals surface area contributed by atoms with E-state index in [2.05, 4.69) is 10.2 Å². The molecular formula is C19H14ClF3N4O3. The molecule has 3 aromatic rings. The second-order valence-electron chi connectivity index (χ2n) is 6.04. The summed E-state index contributed by atoms with van der Waals surface area (Å²) >= 11 is 5.78. The largest absolute Gasteiger partial charge is 0.451 e. The summed E-state index contributed by atoms with van der Waals surface area (Å²) in [6.45, 7) is 0.696. The van der Waals surface area contributed by atoms with Gasteiger partial charge in [-0.15, -0.1) is 5.10 Å². The Bertz CT molecular complexity index is 1080. The Labute approximate surface area is 173 Å². The molecule has 3 rings (SSSR count). The first kappa shape index (κ1) is 21.3. The number of carbonyl (C=O) groups is 2. The van der Waals surface area contributed by atoms with Crippen molar-refractivity contribution in [1.29, 1.82) is 0 Å². The molecule has 0 spiro atoms. The Morgan fingerprint density at radius 1 is 1.10 bits per heavy atom. The number of anilines is 1. The summed E-state index contributed by atoms with van der Waals surface area (Å²) in [5, 5.41) is 9.87. The van der Waals surface area contributed by atoms with Crippen LogP contribution in [0.5, 0.6) is 0 Å². The van der Waals surface area contributed by atoms with Gasteiger partial charge in [-0.2, -0.15) is 23.1 Å². The number of halogens is 4. The van der Waals surface area contributed by atoms with Crippen LogP contribution in [0.25, 0.3) is 5.69 Å². The standard InChI is InChI=1S/C19H14ClF3N4O3/c1-11-16(26-27(25-11)12-6-3-2-4-7-12)18(29)30-10-15(28)24-17-13(19(21,22)23)8-5-9-14(17)20/h2-9H,10H2,1H3,(H,24,28). The molecule has 1 amide bonds. The first-order valence-electron chi connectivity index (χ1n) is 8.49. The molecule has 0 aliphatic heterocycles. The summed E-state index contributed by atoms with van der Waals surface area (Å²) in [5.41, 5.74) is -0.985. The maximum atomic E-state index is 13.1. The summed E-state index contributed by atoms with van der Waals surface area (Å²) < 4.78 is 44.1. The normalized spacial score (nSPS) is 11.2. The number of aryl methyl sites for hydroxylation is 1. The lowest BCUT2D eigenvalue weighted by Crippen LogP contribution is -2.23. The van der Waals surface area contributed by atoms with Crippen molar-refractivity contribution >= 4 is 29.2 Å². The van der Waals surface area contributed by atoms with Crippen LogP contribution in [0, 0.1) is 6.92 Å². The summed E-state index contributed by atoms with van der Waals surface area (Å²) in [5.74, 6) is -1.94. The summed E-state index contributed by atoms with van der Waals surface area (Å²) in [6, 6.07) is 11.9. The predicted octanol–water partition coefficient (Wildman–Crippen LogP) is 4.04. The first-order chi connectivity index (χ1) is 14.2. The molecule has 1 aromatic heterocycles. The van der Waals surface area contributed by atoms with E-state index in [0.717, 1.165) is 12.1 Å². The number of rotatable bonds is 5. The van der Waals surface area contributed by atoms with Gasteiger partial charge in [0.1, 0.15) is 0 Å². The number of para-hydroxylation sites is 2. The van der Waals surface area contributed by atoms with Gasteiger partial charge < -0.3 is 10.1 Å². The Kier molecular flexibility index (Phi) is 6.06. The molecule has 1 N–H and O–H groups in total. The van der Waals surface area contributed by atoms with E-state index in [4.69, 9.17) is 16.3 Å². The zero-order valence-corrected chi connectivity index (χ0v) is 16.2. The minimum Gasteiger partial charge on any atom is -0.451 e. The number of hydrogen-bond donors (Lipinski definition) is 1. The van der Waals surface area contributed by atoms with Gasteiger partial charge in [0.25, 0.3) is 5.91 Å². The van der Waals surface area contributed by atoms with Gasteiger partial charge in [-0.05, 0) is 31.2 Å². The van der Waals surface area contributed by atoms with E-state index in [9.17, 15) is 22.8 Å². The Balaban J connectivity index is 1.68. The highest BCUT2D eigenvalue weighted by atomic mass is 35.5. The topological polar surface area (TPSA) is 86.1 Å².